The lowest BCUT2D eigenvalue weighted by Gasteiger charge is -2.49. The maximum atomic E-state index is 15.3. The van der Waals surface area contributed by atoms with Crippen molar-refractivity contribution in [3.63, 3.8) is 0 Å². The monoisotopic (exact) mass is 814 g/mol. The minimum Gasteiger partial charge on any atom is -0.507 e. The van der Waals surface area contributed by atoms with E-state index in [0.717, 1.165) is 37.0 Å². The average molecular weight is 816 g/mol. The Morgan fingerprint density at radius 3 is 2.44 bits per heavy atom. The fourth-order valence-electron chi connectivity index (χ4n) is 10.3. The van der Waals surface area contributed by atoms with E-state index >= 15 is 9.59 Å². The number of aromatic hydroxyl groups is 1. The van der Waals surface area contributed by atoms with Crippen molar-refractivity contribution < 1.29 is 24.3 Å². The van der Waals surface area contributed by atoms with Gasteiger partial charge in [-0.1, -0.05) is 77.3 Å². The Kier molecular flexibility index (Phi) is 7.98. The number of phenols is 1. The number of aryl methyl sites for hydroxylation is 3. The van der Waals surface area contributed by atoms with Gasteiger partial charge in [-0.3, -0.25) is 23.9 Å². The number of carbonyl (C=O) groups excluding carboxylic acids is 4. The van der Waals surface area contributed by atoms with Crippen LogP contribution in [-0.2, 0) is 26.2 Å². The minimum atomic E-state index is -1.35. The topological polar surface area (TPSA) is 113 Å². The van der Waals surface area contributed by atoms with Gasteiger partial charge in [-0.2, -0.15) is 5.10 Å². The van der Waals surface area contributed by atoms with Crippen LogP contribution in [0.3, 0.4) is 0 Å². The third kappa shape index (κ3) is 4.96. The van der Waals surface area contributed by atoms with Crippen LogP contribution in [0.5, 0.6) is 5.75 Å². The number of fused-ring (bicyclic) bond motifs is 6. The van der Waals surface area contributed by atoms with Gasteiger partial charge in [0.25, 0.3) is 0 Å². The lowest BCUT2D eigenvalue weighted by molar-refractivity contribution is -0.131. The molecule has 2 saturated heterocycles. The molecule has 4 amide bonds. The van der Waals surface area contributed by atoms with Gasteiger partial charge in [-0.25, -0.2) is 9.80 Å². The van der Waals surface area contributed by atoms with E-state index < -0.39 is 46.8 Å². The highest BCUT2D eigenvalue weighted by atomic mass is 35.5. The number of anilines is 2. The maximum absolute atomic E-state index is 15.3. The van der Waals surface area contributed by atoms with Gasteiger partial charge in [-0.05, 0) is 91.8 Å². The van der Waals surface area contributed by atoms with Crippen molar-refractivity contribution in [2.24, 2.45) is 36.1 Å². The van der Waals surface area contributed by atoms with E-state index in [1.807, 2.05) is 81.4 Å². The molecule has 6 aromatic rings. The molecular weight excluding hydrogens is 779 g/mol. The van der Waals surface area contributed by atoms with Gasteiger partial charge in [0, 0.05) is 44.7 Å². The molecule has 4 heterocycles. The van der Waals surface area contributed by atoms with Gasteiger partial charge in [-0.15, -0.1) is 11.3 Å². The van der Waals surface area contributed by atoms with Gasteiger partial charge in [0.15, 0.2) is 0 Å². The molecule has 0 spiro atoms. The number of rotatable bonds is 4. The van der Waals surface area contributed by atoms with E-state index in [1.54, 1.807) is 47.3 Å². The van der Waals surface area contributed by atoms with Crippen molar-refractivity contribution in [1.29, 1.82) is 0 Å². The number of phenolic OH excluding ortho intramolecular Hbond substituents is 1. The first-order valence-electron chi connectivity index (χ1n) is 19.0. The number of aromatic nitrogens is 2. The number of halogens is 2. The summed E-state index contributed by atoms with van der Waals surface area (Å²) in [4.78, 5) is 62.4. The van der Waals surface area contributed by atoms with Crippen molar-refractivity contribution in [1.82, 2.24) is 9.78 Å². The summed E-state index contributed by atoms with van der Waals surface area (Å²) < 4.78 is 2.61. The van der Waals surface area contributed by atoms with Crippen LogP contribution in [0, 0.1) is 42.9 Å². The van der Waals surface area contributed by atoms with Crippen LogP contribution in [0.25, 0.3) is 31.4 Å². The Hall–Kier alpha value is -5.29. The smallest absolute Gasteiger partial charge is 0.242 e. The maximum Gasteiger partial charge on any atom is 0.242 e. The standard InChI is InChI=1S/C45H36Cl2N4O5S/c1-21-9-12-25(18-33(21)47)50-41(53)28-15-14-27-31(37(28)43(50)55)19-32-42(54)51(36-20-34(48-49(36)4)40-22(2)30-17-24(46)11-16-35(30)57-40)44(56)45(32,3)38(27)29-13-10-23-7-5-6-8-26(23)39(29)52/h5-14,16-18,20,28,31-32,37-38,52H,15,19H2,1-4H3/t28-,31+,32-,37-,38+,45+/m0/s1. The second-order valence-electron chi connectivity index (χ2n) is 16.0. The zero-order valence-corrected chi connectivity index (χ0v) is 33.7. The van der Waals surface area contributed by atoms with Crippen LogP contribution in [0.1, 0.15) is 42.4 Å². The van der Waals surface area contributed by atoms with E-state index in [1.165, 1.54) is 9.80 Å². The van der Waals surface area contributed by atoms with Gasteiger partial charge < -0.3 is 5.11 Å². The van der Waals surface area contributed by atoms with Crippen LogP contribution in [0.2, 0.25) is 10.0 Å². The number of nitrogens with zero attached hydrogens (tertiary/aromatic N) is 4. The zero-order chi connectivity index (χ0) is 39.8. The van der Waals surface area contributed by atoms with Crippen LogP contribution in [0.15, 0.2) is 90.5 Å². The quantitative estimate of drug-likeness (QED) is 0.140. The summed E-state index contributed by atoms with van der Waals surface area (Å²) >= 11 is 14.4. The summed E-state index contributed by atoms with van der Waals surface area (Å²) in [6, 6.07) is 23.9. The van der Waals surface area contributed by atoms with Gasteiger partial charge in [0.1, 0.15) is 17.3 Å². The molecule has 0 unspecified atom stereocenters. The fraction of sp³-hybridized carbons (Fsp3) is 0.267. The number of hydrogen-bond acceptors (Lipinski definition) is 7. The van der Waals surface area contributed by atoms with E-state index in [2.05, 4.69) is 0 Å². The zero-order valence-electron chi connectivity index (χ0n) is 31.4. The molecule has 57 heavy (non-hydrogen) atoms. The highest BCUT2D eigenvalue weighted by Gasteiger charge is 2.68. The minimum absolute atomic E-state index is 0.0216. The summed E-state index contributed by atoms with van der Waals surface area (Å²) in [6.45, 7) is 5.68. The molecule has 12 heteroatoms. The molecule has 4 aliphatic rings. The van der Waals surface area contributed by atoms with Crippen LogP contribution < -0.4 is 9.80 Å². The predicted octanol–water partition coefficient (Wildman–Crippen LogP) is 9.52. The third-order valence-electron chi connectivity index (χ3n) is 13.1. The second kappa shape index (κ2) is 12.6. The van der Waals surface area contributed by atoms with E-state index in [0.29, 0.717) is 38.2 Å². The van der Waals surface area contributed by atoms with Gasteiger partial charge in [0.05, 0.1) is 33.7 Å². The summed E-state index contributed by atoms with van der Waals surface area (Å²) in [5.41, 5.74) is 2.79. The number of allylic oxidation sites excluding steroid dienone is 2. The largest absolute Gasteiger partial charge is 0.507 e. The number of thiophene rings is 1. The molecule has 6 atom stereocenters. The molecule has 2 aliphatic heterocycles. The SMILES string of the molecule is Cc1ccc(N2C(=O)[C@H]3[C@H](CC=C4[C@H]3C[C@H]3C(=O)N(c5cc(-c6sc7ccc(Cl)cc7c6C)nn5C)C(=O)[C@@]3(C)[C@H]4c3ccc4ccccc4c3O)C2=O)cc1Cl. The lowest BCUT2D eigenvalue weighted by Crippen LogP contribution is -2.49. The van der Waals surface area contributed by atoms with Gasteiger partial charge >= 0.3 is 0 Å². The summed E-state index contributed by atoms with van der Waals surface area (Å²) in [6.07, 6.45) is 2.44. The first-order valence-corrected chi connectivity index (χ1v) is 20.5. The van der Waals surface area contributed by atoms with Crippen LogP contribution in [0.4, 0.5) is 11.5 Å². The Bertz CT molecular complexity index is 2840. The Morgan fingerprint density at radius 1 is 0.860 bits per heavy atom. The molecule has 0 radical (unpaired) electrons. The molecule has 2 aliphatic carbocycles. The molecule has 1 N–H and O–H groups in total. The molecule has 4 aromatic carbocycles. The fourth-order valence-corrected chi connectivity index (χ4v) is 11.8. The van der Waals surface area contributed by atoms with Crippen LogP contribution >= 0.6 is 34.5 Å². The number of benzene rings is 4. The third-order valence-corrected chi connectivity index (χ3v) is 15.1. The lowest BCUT2D eigenvalue weighted by atomic mass is 9.51. The van der Waals surface area contributed by atoms with E-state index in [4.69, 9.17) is 28.3 Å². The predicted molar refractivity (Wildman–Crippen MR) is 223 cm³/mol. The molecule has 3 fully saturated rings. The summed E-state index contributed by atoms with van der Waals surface area (Å²) in [5, 5.41) is 20.4. The highest BCUT2D eigenvalue weighted by molar-refractivity contribution is 7.22. The Morgan fingerprint density at radius 2 is 1.65 bits per heavy atom. The van der Waals surface area contributed by atoms with Crippen molar-refractivity contribution >= 4 is 90.5 Å². The summed E-state index contributed by atoms with van der Waals surface area (Å²) in [5.74, 6) is -4.73. The molecular formula is C45H36Cl2N4O5S. The van der Waals surface area contributed by atoms with Crippen molar-refractivity contribution in [3.05, 3.63) is 117 Å². The molecule has 2 aromatic heterocycles. The van der Waals surface area contributed by atoms with E-state index in [-0.39, 0.29) is 30.4 Å². The average Bonchev–Trinajstić information content (AvgIpc) is 3.86. The molecule has 0 bridgehead atoms. The first kappa shape index (κ1) is 36.1. The Balaban J connectivity index is 1.11. The van der Waals surface area contributed by atoms with Crippen LogP contribution in [-0.4, -0.2) is 38.5 Å². The molecule has 9 nitrogen and oxygen atoms in total. The molecule has 286 valence electrons. The van der Waals surface area contributed by atoms with Crippen molar-refractivity contribution in [2.45, 2.75) is 39.5 Å². The number of hydrogen-bond donors (Lipinski definition) is 1. The Labute approximate surface area is 342 Å². The van der Waals surface area contributed by atoms with Crippen molar-refractivity contribution in [3.8, 4) is 16.3 Å². The van der Waals surface area contributed by atoms with Gasteiger partial charge in [0.2, 0.25) is 23.6 Å². The number of carbonyl (C=O) groups is 4. The molecule has 1 saturated carbocycles. The summed E-state index contributed by atoms with van der Waals surface area (Å²) in [7, 11) is 1.72. The normalized spacial score (nSPS) is 25.7. The first-order chi connectivity index (χ1) is 27.3. The second-order valence-corrected chi connectivity index (χ2v) is 17.9. The highest BCUT2D eigenvalue weighted by Crippen LogP contribution is 2.65. The van der Waals surface area contributed by atoms with E-state index in [9.17, 15) is 14.7 Å². The number of imide groups is 2. The molecule has 10 rings (SSSR count). The van der Waals surface area contributed by atoms with Crippen molar-refractivity contribution in [2.75, 3.05) is 9.80 Å². The number of amides is 4.